The zero-order valence-electron chi connectivity index (χ0n) is 14.9. The molecule has 4 nitrogen and oxygen atoms in total. The zero-order chi connectivity index (χ0) is 17.5. The van der Waals surface area contributed by atoms with Crippen LogP contribution in [0.15, 0.2) is 30.5 Å². The Bertz CT molecular complexity index is 468. The summed E-state index contributed by atoms with van der Waals surface area (Å²) < 4.78 is 5.70. The number of rotatable bonds is 14. The summed E-state index contributed by atoms with van der Waals surface area (Å²) in [7, 11) is 0. The molecule has 0 fully saturated rings. The second kappa shape index (κ2) is 13.6. The van der Waals surface area contributed by atoms with E-state index in [9.17, 15) is 10.1 Å². The van der Waals surface area contributed by atoms with Gasteiger partial charge in [-0.3, -0.25) is 10.1 Å². The fourth-order valence-electron chi connectivity index (χ4n) is 2.60. The third-order valence-electron chi connectivity index (χ3n) is 4.04. The van der Waals surface area contributed by atoms with E-state index in [-0.39, 0.29) is 0 Å². The van der Waals surface area contributed by atoms with Crippen LogP contribution in [0, 0.1) is 10.1 Å². The normalized spacial score (nSPS) is 11.0. The highest BCUT2D eigenvalue weighted by Gasteiger charge is 1.96. The summed E-state index contributed by atoms with van der Waals surface area (Å²) in [6, 6.07) is 7.37. The third-order valence-corrected chi connectivity index (χ3v) is 4.04. The molecule has 0 saturated heterocycles. The van der Waals surface area contributed by atoms with E-state index in [4.69, 9.17) is 4.74 Å². The summed E-state index contributed by atoms with van der Waals surface area (Å²) in [4.78, 5) is 9.80. The molecular weight excluding hydrogens is 302 g/mol. The van der Waals surface area contributed by atoms with Crippen molar-refractivity contribution in [3.8, 4) is 5.75 Å². The third kappa shape index (κ3) is 10.8. The van der Waals surface area contributed by atoms with Crippen LogP contribution in [0.3, 0.4) is 0 Å². The minimum absolute atomic E-state index is 0.463. The van der Waals surface area contributed by atoms with Gasteiger partial charge in [0.2, 0.25) is 6.20 Å². The van der Waals surface area contributed by atoms with Crippen LogP contribution in [0.4, 0.5) is 0 Å². The molecule has 0 heterocycles. The first-order valence-electron chi connectivity index (χ1n) is 9.27. The summed E-state index contributed by atoms with van der Waals surface area (Å²) >= 11 is 0. The molecule has 0 aromatic heterocycles. The van der Waals surface area contributed by atoms with Crippen LogP contribution in [0.25, 0.3) is 6.08 Å². The van der Waals surface area contributed by atoms with Gasteiger partial charge in [0.25, 0.3) is 0 Å². The van der Waals surface area contributed by atoms with Crippen LogP contribution >= 0.6 is 0 Å². The molecule has 0 radical (unpaired) electrons. The van der Waals surface area contributed by atoms with Crippen molar-refractivity contribution >= 4 is 6.08 Å². The highest BCUT2D eigenvalue weighted by molar-refractivity contribution is 5.49. The van der Waals surface area contributed by atoms with E-state index in [1.807, 2.05) is 24.3 Å². The fourth-order valence-corrected chi connectivity index (χ4v) is 2.60. The van der Waals surface area contributed by atoms with Gasteiger partial charge >= 0.3 is 0 Å². The summed E-state index contributed by atoms with van der Waals surface area (Å²) in [6.45, 7) is 2.99. The second-order valence-electron chi connectivity index (χ2n) is 6.20. The van der Waals surface area contributed by atoms with Gasteiger partial charge in [-0.1, -0.05) is 76.8 Å². The minimum atomic E-state index is -0.463. The van der Waals surface area contributed by atoms with Crippen LogP contribution in [0.5, 0.6) is 5.75 Å². The van der Waals surface area contributed by atoms with Gasteiger partial charge in [0.1, 0.15) is 5.75 Å². The first kappa shape index (κ1) is 20.2. The van der Waals surface area contributed by atoms with Crippen molar-refractivity contribution in [2.24, 2.45) is 0 Å². The first-order chi connectivity index (χ1) is 11.7. The maximum absolute atomic E-state index is 10.3. The van der Waals surface area contributed by atoms with Gasteiger partial charge in [-0.15, -0.1) is 0 Å². The Labute approximate surface area is 146 Å². The van der Waals surface area contributed by atoms with Crippen LogP contribution in [-0.2, 0) is 0 Å². The van der Waals surface area contributed by atoms with Gasteiger partial charge in [-0.25, -0.2) is 0 Å². The van der Waals surface area contributed by atoms with E-state index < -0.39 is 4.92 Å². The number of benzene rings is 1. The average molecular weight is 333 g/mol. The monoisotopic (exact) mass is 333 g/mol. The standard InChI is InChI=1S/C20H31NO3/c1-2-3-4-5-6-7-8-9-10-11-18-24-20-14-12-19(13-15-20)16-17-21(22)23/h12-17H,2-11,18H2,1H3/b17-16+. The van der Waals surface area contributed by atoms with Gasteiger partial charge in [0, 0.05) is 6.08 Å². The van der Waals surface area contributed by atoms with Gasteiger partial charge in [-0.05, 0) is 24.1 Å². The maximum Gasteiger partial charge on any atom is 0.235 e. The van der Waals surface area contributed by atoms with Crippen molar-refractivity contribution in [3.05, 3.63) is 46.1 Å². The van der Waals surface area contributed by atoms with E-state index in [0.717, 1.165) is 30.5 Å². The molecule has 134 valence electrons. The van der Waals surface area contributed by atoms with E-state index in [2.05, 4.69) is 6.92 Å². The number of unbranched alkanes of at least 4 members (excludes halogenated alkanes) is 9. The Balaban J connectivity index is 2.00. The number of ether oxygens (including phenoxy) is 1. The molecule has 0 aliphatic rings. The Hall–Kier alpha value is -1.84. The number of hydrogen-bond acceptors (Lipinski definition) is 3. The lowest BCUT2D eigenvalue weighted by molar-refractivity contribution is -0.400. The van der Waals surface area contributed by atoms with E-state index in [1.54, 1.807) is 0 Å². The molecule has 0 spiro atoms. The Morgan fingerprint density at radius 2 is 1.46 bits per heavy atom. The van der Waals surface area contributed by atoms with Crippen molar-refractivity contribution < 1.29 is 9.66 Å². The highest BCUT2D eigenvalue weighted by Crippen LogP contribution is 2.15. The molecule has 1 aromatic rings. The fraction of sp³-hybridized carbons (Fsp3) is 0.600. The van der Waals surface area contributed by atoms with Gasteiger partial charge in [0.05, 0.1) is 11.5 Å². The molecule has 24 heavy (non-hydrogen) atoms. The summed E-state index contributed by atoms with van der Waals surface area (Å²) in [5.41, 5.74) is 0.804. The molecule has 0 amide bonds. The molecule has 0 N–H and O–H groups in total. The molecule has 0 aliphatic heterocycles. The molecule has 0 bridgehead atoms. The zero-order valence-corrected chi connectivity index (χ0v) is 14.9. The number of hydrogen-bond donors (Lipinski definition) is 0. The van der Waals surface area contributed by atoms with Gasteiger partial charge < -0.3 is 4.74 Å². The van der Waals surface area contributed by atoms with Crippen LogP contribution in [0.2, 0.25) is 0 Å². The van der Waals surface area contributed by atoms with E-state index >= 15 is 0 Å². The first-order valence-corrected chi connectivity index (χ1v) is 9.27. The summed E-state index contributed by atoms with van der Waals surface area (Å²) in [5, 5.41) is 10.3. The highest BCUT2D eigenvalue weighted by atomic mass is 16.6. The Kier molecular flexibility index (Phi) is 11.4. The smallest absolute Gasteiger partial charge is 0.235 e. The quantitative estimate of drug-likeness (QED) is 0.230. The van der Waals surface area contributed by atoms with Crippen molar-refractivity contribution in [2.45, 2.75) is 71.1 Å². The van der Waals surface area contributed by atoms with Crippen LogP contribution in [-0.4, -0.2) is 11.5 Å². The Morgan fingerprint density at radius 3 is 2.00 bits per heavy atom. The molecule has 0 saturated carbocycles. The van der Waals surface area contributed by atoms with Crippen molar-refractivity contribution in [3.63, 3.8) is 0 Å². The largest absolute Gasteiger partial charge is 0.494 e. The summed E-state index contributed by atoms with van der Waals surface area (Å²) in [5.74, 6) is 0.823. The van der Waals surface area contributed by atoms with Crippen molar-refractivity contribution in [1.82, 2.24) is 0 Å². The predicted molar refractivity (Wildman–Crippen MR) is 99.8 cm³/mol. The second-order valence-corrected chi connectivity index (χ2v) is 6.20. The van der Waals surface area contributed by atoms with Crippen molar-refractivity contribution in [1.29, 1.82) is 0 Å². The molecule has 4 heteroatoms. The molecule has 1 aromatic carbocycles. The molecule has 1 rings (SSSR count). The topological polar surface area (TPSA) is 52.4 Å². The summed E-state index contributed by atoms with van der Waals surface area (Å²) in [6.07, 6.45) is 15.6. The number of nitrogens with zero attached hydrogens (tertiary/aromatic N) is 1. The minimum Gasteiger partial charge on any atom is -0.494 e. The molecular formula is C20H31NO3. The Morgan fingerprint density at radius 1 is 0.917 bits per heavy atom. The SMILES string of the molecule is CCCCCCCCCCCCOc1ccc(/C=C/[N+](=O)[O-])cc1. The van der Waals surface area contributed by atoms with Crippen LogP contribution in [0.1, 0.15) is 76.7 Å². The number of nitro groups is 1. The van der Waals surface area contributed by atoms with Gasteiger partial charge in [0.15, 0.2) is 0 Å². The van der Waals surface area contributed by atoms with Gasteiger partial charge in [-0.2, -0.15) is 0 Å². The van der Waals surface area contributed by atoms with Crippen molar-refractivity contribution in [2.75, 3.05) is 6.61 Å². The molecule has 0 aliphatic carbocycles. The lowest BCUT2D eigenvalue weighted by atomic mass is 10.1. The lowest BCUT2D eigenvalue weighted by Gasteiger charge is -2.06. The van der Waals surface area contributed by atoms with E-state index in [1.165, 1.54) is 63.9 Å². The lowest BCUT2D eigenvalue weighted by Crippen LogP contribution is -1.97. The van der Waals surface area contributed by atoms with E-state index in [0.29, 0.717) is 0 Å². The van der Waals surface area contributed by atoms with Crippen LogP contribution < -0.4 is 4.74 Å². The predicted octanol–water partition coefficient (Wildman–Crippen LogP) is 6.23. The maximum atomic E-state index is 10.3. The molecule has 0 atom stereocenters. The average Bonchev–Trinajstić information content (AvgIpc) is 2.59. The molecule has 0 unspecified atom stereocenters.